The van der Waals surface area contributed by atoms with Crippen LogP contribution in [0.1, 0.15) is 6.42 Å². The zero-order valence-corrected chi connectivity index (χ0v) is 13.5. The van der Waals surface area contributed by atoms with Gasteiger partial charge in [0.1, 0.15) is 6.04 Å². The van der Waals surface area contributed by atoms with Crippen molar-refractivity contribution in [1.29, 1.82) is 0 Å². The Morgan fingerprint density at radius 1 is 1.21 bits per heavy atom. The lowest BCUT2D eigenvalue weighted by atomic mass is 10.1. The SMILES string of the molecule is CN1CCN([C@@H](CC(=O)Nc2ccc3c(c2)OCO3)C(=O)O)CC1. The predicted octanol–water partition coefficient (Wildman–Crippen LogP) is 0.444. The molecule has 24 heavy (non-hydrogen) atoms. The van der Waals surface area contributed by atoms with Crippen molar-refractivity contribution in [2.45, 2.75) is 12.5 Å². The van der Waals surface area contributed by atoms with Crippen molar-refractivity contribution < 1.29 is 24.2 Å². The molecular weight excluding hydrogens is 314 g/mol. The van der Waals surface area contributed by atoms with Gasteiger partial charge in [-0.2, -0.15) is 0 Å². The Morgan fingerprint density at radius 3 is 2.62 bits per heavy atom. The topological polar surface area (TPSA) is 91.3 Å². The highest BCUT2D eigenvalue weighted by atomic mass is 16.7. The van der Waals surface area contributed by atoms with Crippen LogP contribution in [0.3, 0.4) is 0 Å². The molecule has 0 unspecified atom stereocenters. The van der Waals surface area contributed by atoms with Crippen LogP contribution in [0.25, 0.3) is 0 Å². The Bertz CT molecular complexity index is 628. The highest BCUT2D eigenvalue weighted by Crippen LogP contribution is 2.34. The van der Waals surface area contributed by atoms with E-state index in [0.29, 0.717) is 30.3 Å². The second-order valence-electron chi connectivity index (χ2n) is 6.01. The van der Waals surface area contributed by atoms with Gasteiger partial charge in [-0.05, 0) is 19.2 Å². The molecule has 1 fully saturated rings. The number of nitrogens with one attached hydrogen (secondary N) is 1. The molecule has 2 aliphatic heterocycles. The fourth-order valence-corrected chi connectivity index (χ4v) is 2.87. The van der Waals surface area contributed by atoms with E-state index in [1.807, 2.05) is 11.9 Å². The van der Waals surface area contributed by atoms with Crippen molar-refractivity contribution >= 4 is 17.6 Å². The molecule has 130 valence electrons. The maximum Gasteiger partial charge on any atom is 0.321 e. The van der Waals surface area contributed by atoms with E-state index in [0.717, 1.165) is 13.1 Å². The number of carbonyl (C=O) groups is 2. The van der Waals surface area contributed by atoms with Gasteiger partial charge in [-0.15, -0.1) is 0 Å². The molecule has 1 saturated heterocycles. The number of ether oxygens (including phenoxy) is 2. The van der Waals surface area contributed by atoms with Gasteiger partial charge in [0, 0.05) is 37.9 Å². The third-order valence-corrected chi connectivity index (χ3v) is 4.30. The summed E-state index contributed by atoms with van der Waals surface area (Å²) < 4.78 is 10.5. The highest BCUT2D eigenvalue weighted by Gasteiger charge is 2.30. The highest BCUT2D eigenvalue weighted by molar-refractivity contribution is 5.94. The summed E-state index contributed by atoms with van der Waals surface area (Å²) in [7, 11) is 2.00. The second-order valence-corrected chi connectivity index (χ2v) is 6.01. The first-order chi connectivity index (χ1) is 11.5. The van der Waals surface area contributed by atoms with Gasteiger partial charge in [-0.1, -0.05) is 0 Å². The molecule has 1 aromatic carbocycles. The van der Waals surface area contributed by atoms with Crippen molar-refractivity contribution in [3.05, 3.63) is 18.2 Å². The maximum absolute atomic E-state index is 12.3. The Labute approximate surface area is 139 Å². The standard InChI is InChI=1S/C16H21N3O5/c1-18-4-6-19(7-5-18)12(16(21)22)9-15(20)17-11-2-3-13-14(8-11)24-10-23-13/h2-3,8,12H,4-7,9-10H2,1H3,(H,17,20)(H,21,22)/t12-/m0/s1. The van der Waals surface area contributed by atoms with Crippen molar-refractivity contribution in [3.63, 3.8) is 0 Å². The molecule has 8 nitrogen and oxygen atoms in total. The first kappa shape index (κ1) is 16.5. The molecule has 1 amide bonds. The van der Waals surface area contributed by atoms with Crippen LogP contribution >= 0.6 is 0 Å². The molecule has 1 atom stereocenters. The number of benzene rings is 1. The van der Waals surface area contributed by atoms with E-state index in [1.54, 1.807) is 18.2 Å². The third kappa shape index (κ3) is 3.77. The van der Waals surface area contributed by atoms with Crippen LogP contribution < -0.4 is 14.8 Å². The first-order valence-electron chi connectivity index (χ1n) is 7.88. The molecule has 8 heteroatoms. The summed E-state index contributed by atoms with van der Waals surface area (Å²) in [6.45, 7) is 3.05. The summed E-state index contributed by atoms with van der Waals surface area (Å²) in [5, 5.41) is 12.2. The molecule has 1 aromatic rings. The maximum atomic E-state index is 12.3. The van der Waals surface area contributed by atoms with E-state index >= 15 is 0 Å². The van der Waals surface area contributed by atoms with Crippen molar-refractivity contribution in [3.8, 4) is 11.5 Å². The van der Waals surface area contributed by atoms with Crippen molar-refractivity contribution in [1.82, 2.24) is 9.80 Å². The number of hydrogen-bond donors (Lipinski definition) is 2. The summed E-state index contributed by atoms with van der Waals surface area (Å²) in [6, 6.07) is 4.28. The number of anilines is 1. The number of aliphatic carboxylic acids is 1. The minimum atomic E-state index is -0.972. The zero-order chi connectivity index (χ0) is 17.1. The van der Waals surface area contributed by atoms with Gasteiger partial charge in [0.15, 0.2) is 11.5 Å². The summed E-state index contributed by atoms with van der Waals surface area (Å²) in [5.74, 6) is -0.101. The molecule has 0 aliphatic carbocycles. The van der Waals surface area contributed by atoms with E-state index in [-0.39, 0.29) is 19.1 Å². The van der Waals surface area contributed by atoms with Crippen LogP contribution in [0.15, 0.2) is 18.2 Å². The Morgan fingerprint density at radius 2 is 1.92 bits per heavy atom. The quantitative estimate of drug-likeness (QED) is 0.807. The minimum Gasteiger partial charge on any atom is -0.480 e. The number of fused-ring (bicyclic) bond motifs is 1. The van der Waals surface area contributed by atoms with E-state index in [1.165, 1.54) is 0 Å². The molecule has 2 aliphatic rings. The predicted molar refractivity (Wildman–Crippen MR) is 86.3 cm³/mol. The van der Waals surface area contributed by atoms with Crippen LogP contribution in [-0.2, 0) is 9.59 Å². The van der Waals surface area contributed by atoms with Crippen LogP contribution in [0.4, 0.5) is 5.69 Å². The van der Waals surface area contributed by atoms with Gasteiger partial charge in [-0.25, -0.2) is 0 Å². The lowest BCUT2D eigenvalue weighted by molar-refractivity contribution is -0.145. The summed E-state index contributed by atoms with van der Waals surface area (Å²) in [5.41, 5.74) is 0.562. The Kier molecular flexibility index (Phi) is 4.86. The van der Waals surface area contributed by atoms with Gasteiger partial charge in [0.25, 0.3) is 0 Å². The van der Waals surface area contributed by atoms with Crippen LogP contribution in [-0.4, -0.2) is 72.8 Å². The van der Waals surface area contributed by atoms with Gasteiger partial charge in [-0.3, -0.25) is 14.5 Å². The molecule has 0 saturated carbocycles. The molecule has 3 rings (SSSR count). The number of likely N-dealkylation sites (N-methyl/N-ethyl adjacent to an activating group) is 1. The van der Waals surface area contributed by atoms with Gasteiger partial charge >= 0.3 is 5.97 Å². The Balaban J connectivity index is 1.60. The van der Waals surface area contributed by atoms with Gasteiger partial charge < -0.3 is 24.8 Å². The minimum absolute atomic E-state index is 0.0898. The van der Waals surface area contributed by atoms with Crippen molar-refractivity contribution in [2.75, 3.05) is 45.3 Å². The third-order valence-electron chi connectivity index (χ3n) is 4.30. The molecule has 0 radical (unpaired) electrons. The number of piperazine rings is 1. The number of carboxylic acid groups (broad SMARTS) is 1. The zero-order valence-electron chi connectivity index (χ0n) is 13.5. The largest absolute Gasteiger partial charge is 0.480 e. The summed E-state index contributed by atoms with van der Waals surface area (Å²) in [4.78, 5) is 27.8. The second kappa shape index (κ2) is 7.06. The smallest absolute Gasteiger partial charge is 0.321 e. The van der Waals surface area contributed by atoms with Crippen LogP contribution in [0.5, 0.6) is 11.5 Å². The molecule has 0 bridgehead atoms. The van der Waals surface area contributed by atoms with E-state index in [2.05, 4.69) is 10.2 Å². The van der Waals surface area contributed by atoms with Crippen LogP contribution in [0, 0.1) is 0 Å². The molecule has 2 N–H and O–H groups in total. The van der Waals surface area contributed by atoms with E-state index in [9.17, 15) is 14.7 Å². The molecular formula is C16H21N3O5. The summed E-state index contributed by atoms with van der Waals surface area (Å²) in [6.07, 6.45) is -0.0898. The van der Waals surface area contributed by atoms with Gasteiger partial charge in [0.2, 0.25) is 12.7 Å². The number of hydrogen-bond acceptors (Lipinski definition) is 6. The van der Waals surface area contributed by atoms with Crippen LogP contribution in [0.2, 0.25) is 0 Å². The van der Waals surface area contributed by atoms with Gasteiger partial charge in [0.05, 0.1) is 6.42 Å². The lowest BCUT2D eigenvalue weighted by Crippen LogP contribution is -2.52. The fourth-order valence-electron chi connectivity index (χ4n) is 2.87. The number of carboxylic acids is 1. The van der Waals surface area contributed by atoms with E-state index < -0.39 is 12.0 Å². The number of rotatable bonds is 5. The number of nitrogens with zero attached hydrogens (tertiary/aromatic N) is 2. The van der Waals surface area contributed by atoms with Crippen molar-refractivity contribution in [2.24, 2.45) is 0 Å². The average molecular weight is 335 g/mol. The monoisotopic (exact) mass is 335 g/mol. The average Bonchev–Trinajstić information content (AvgIpc) is 3.01. The number of amides is 1. The summed E-state index contributed by atoms with van der Waals surface area (Å²) >= 11 is 0. The fraction of sp³-hybridized carbons (Fsp3) is 0.500. The normalized spacial score (nSPS) is 19.0. The lowest BCUT2D eigenvalue weighted by Gasteiger charge is -2.35. The number of carbonyl (C=O) groups excluding carboxylic acids is 1. The molecule has 0 spiro atoms. The molecule has 0 aromatic heterocycles. The Hall–Kier alpha value is -2.32. The first-order valence-corrected chi connectivity index (χ1v) is 7.88. The van der Waals surface area contributed by atoms with E-state index in [4.69, 9.17) is 9.47 Å². The molecule has 2 heterocycles.